The number of hydrogen-bond acceptors (Lipinski definition) is 4. The van der Waals surface area contributed by atoms with Crippen molar-refractivity contribution in [2.24, 2.45) is 0 Å². The minimum absolute atomic E-state index is 0.710. The van der Waals surface area contributed by atoms with Crippen molar-refractivity contribution in [3.05, 3.63) is 54.8 Å². The predicted octanol–water partition coefficient (Wildman–Crippen LogP) is 4.54. The van der Waals surface area contributed by atoms with Gasteiger partial charge in [-0.25, -0.2) is 4.68 Å². The van der Waals surface area contributed by atoms with Gasteiger partial charge in [-0.3, -0.25) is 0 Å². The van der Waals surface area contributed by atoms with Gasteiger partial charge in [0.1, 0.15) is 12.4 Å². The van der Waals surface area contributed by atoms with Crippen LogP contribution in [-0.2, 0) is 0 Å². The second kappa shape index (κ2) is 9.25. The molecule has 1 aliphatic carbocycles. The van der Waals surface area contributed by atoms with Gasteiger partial charge in [0.2, 0.25) is 0 Å². The third kappa shape index (κ3) is 4.99. The van der Waals surface area contributed by atoms with E-state index in [1.807, 2.05) is 41.2 Å². The molecular formula is C21H28N4O. The summed E-state index contributed by atoms with van der Waals surface area (Å²) in [5, 5.41) is 7.92. The van der Waals surface area contributed by atoms with Crippen molar-refractivity contribution in [2.45, 2.75) is 26.7 Å². The molecule has 0 amide bonds. The lowest BCUT2D eigenvalue weighted by molar-refractivity contribution is 0.223. The Morgan fingerprint density at radius 2 is 1.92 bits per heavy atom. The normalized spacial score (nSPS) is 13.7. The van der Waals surface area contributed by atoms with Crippen LogP contribution in [0.1, 0.15) is 26.7 Å². The molecule has 0 bridgehead atoms. The summed E-state index contributed by atoms with van der Waals surface area (Å²) in [7, 11) is 0. The molecule has 1 heterocycles. The van der Waals surface area contributed by atoms with Crippen LogP contribution in [0.15, 0.2) is 54.8 Å². The van der Waals surface area contributed by atoms with Gasteiger partial charge in [-0.1, -0.05) is 26.0 Å². The van der Waals surface area contributed by atoms with Gasteiger partial charge >= 0.3 is 0 Å². The minimum atomic E-state index is 0.710. The maximum atomic E-state index is 5.82. The number of aromatic nitrogens is 2. The average molecular weight is 352 g/mol. The Balaban J connectivity index is 1.52. The highest BCUT2D eigenvalue weighted by Gasteiger charge is 2.05. The fourth-order valence-electron chi connectivity index (χ4n) is 2.92. The van der Waals surface area contributed by atoms with Crippen LogP contribution in [-0.4, -0.2) is 40.9 Å². The summed E-state index contributed by atoms with van der Waals surface area (Å²) in [6.45, 7) is 8.12. The zero-order valence-electron chi connectivity index (χ0n) is 15.7. The van der Waals surface area contributed by atoms with E-state index in [0.29, 0.717) is 6.61 Å². The summed E-state index contributed by atoms with van der Waals surface area (Å²) in [6.07, 6.45) is 10.7. The number of likely N-dealkylation sites (N-methyl/N-ethyl adjacent to an activating group) is 1. The molecule has 0 saturated carbocycles. The van der Waals surface area contributed by atoms with Crippen LogP contribution >= 0.6 is 0 Å². The van der Waals surface area contributed by atoms with E-state index in [1.54, 1.807) is 0 Å². The average Bonchev–Trinajstić information content (AvgIpc) is 3.16. The molecular weight excluding hydrogens is 324 g/mol. The van der Waals surface area contributed by atoms with E-state index in [2.05, 4.69) is 47.4 Å². The molecule has 0 aliphatic heterocycles. The fourth-order valence-corrected chi connectivity index (χ4v) is 2.92. The van der Waals surface area contributed by atoms with Crippen molar-refractivity contribution in [1.29, 1.82) is 0 Å². The SMILES string of the molecule is CCN(CC)CCOc1ccc(Nc2ccn(C3=CCCC=C3)n2)cc1. The molecule has 1 N–H and O–H groups in total. The number of nitrogens with one attached hydrogen (secondary N) is 1. The van der Waals surface area contributed by atoms with Gasteiger partial charge in [0.05, 0.1) is 5.70 Å². The van der Waals surface area contributed by atoms with Crippen LogP contribution in [0.25, 0.3) is 5.70 Å². The van der Waals surface area contributed by atoms with Crippen molar-refractivity contribution in [1.82, 2.24) is 14.7 Å². The molecule has 3 rings (SSSR count). The highest BCUT2D eigenvalue weighted by molar-refractivity contribution is 5.61. The van der Waals surface area contributed by atoms with E-state index in [1.165, 1.54) is 0 Å². The predicted molar refractivity (Wildman–Crippen MR) is 108 cm³/mol. The number of hydrogen-bond donors (Lipinski definition) is 1. The Hall–Kier alpha value is -2.53. The molecule has 0 spiro atoms. The van der Waals surface area contributed by atoms with Crippen molar-refractivity contribution >= 4 is 17.2 Å². The van der Waals surface area contributed by atoms with Crippen LogP contribution in [0.2, 0.25) is 0 Å². The lowest BCUT2D eigenvalue weighted by Crippen LogP contribution is -2.27. The largest absolute Gasteiger partial charge is 0.492 e. The molecule has 5 heteroatoms. The van der Waals surface area contributed by atoms with Gasteiger partial charge in [-0.15, -0.1) is 0 Å². The van der Waals surface area contributed by atoms with Crippen molar-refractivity contribution in [3.63, 3.8) is 0 Å². The standard InChI is InChI=1S/C21H28N4O/c1-3-24(4-2)16-17-26-20-12-10-18(11-13-20)22-21-14-15-25(23-21)19-8-6-5-7-9-19/h6,8-15H,3-5,7,16-17H2,1-2H3,(H,22,23). The van der Waals surface area contributed by atoms with Crippen LogP contribution in [0.4, 0.5) is 11.5 Å². The molecule has 0 unspecified atom stereocenters. The molecule has 1 aromatic carbocycles. The van der Waals surface area contributed by atoms with E-state index < -0.39 is 0 Å². The summed E-state index contributed by atoms with van der Waals surface area (Å²) in [4.78, 5) is 2.35. The molecule has 1 aromatic heterocycles. The second-order valence-corrected chi connectivity index (χ2v) is 6.28. The smallest absolute Gasteiger partial charge is 0.152 e. The highest BCUT2D eigenvalue weighted by atomic mass is 16.5. The van der Waals surface area contributed by atoms with E-state index in [0.717, 1.165) is 55.4 Å². The van der Waals surface area contributed by atoms with Gasteiger partial charge in [-0.05, 0) is 56.3 Å². The molecule has 0 radical (unpaired) electrons. The van der Waals surface area contributed by atoms with E-state index in [4.69, 9.17) is 4.74 Å². The second-order valence-electron chi connectivity index (χ2n) is 6.28. The number of benzene rings is 1. The van der Waals surface area contributed by atoms with E-state index >= 15 is 0 Å². The summed E-state index contributed by atoms with van der Waals surface area (Å²) in [5.74, 6) is 1.73. The zero-order valence-corrected chi connectivity index (χ0v) is 15.7. The molecule has 26 heavy (non-hydrogen) atoms. The molecule has 0 saturated heterocycles. The van der Waals surface area contributed by atoms with Crippen LogP contribution in [0.5, 0.6) is 5.75 Å². The Kier molecular flexibility index (Phi) is 6.50. The van der Waals surface area contributed by atoms with Gasteiger partial charge in [0, 0.05) is 24.5 Å². The Morgan fingerprint density at radius 3 is 2.62 bits per heavy atom. The molecule has 1 aliphatic rings. The third-order valence-corrected chi connectivity index (χ3v) is 4.53. The summed E-state index contributed by atoms with van der Waals surface area (Å²) in [6, 6.07) is 10.0. The first-order valence-corrected chi connectivity index (χ1v) is 9.43. The van der Waals surface area contributed by atoms with E-state index in [9.17, 15) is 0 Å². The number of nitrogens with zero attached hydrogens (tertiary/aromatic N) is 3. The van der Waals surface area contributed by atoms with Gasteiger partial charge in [0.25, 0.3) is 0 Å². The van der Waals surface area contributed by atoms with Crippen LogP contribution in [0, 0.1) is 0 Å². The topological polar surface area (TPSA) is 42.3 Å². The summed E-state index contributed by atoms with van der Waals surface area (Å²) in [5.41, 5.74) is 2.13. The maximum Gasteiger partial charge on any atom is 0.152 e. The summed E-state index contributed by atoms with van der Waals surface area (Å²) < 4.78 is 7.73. The first-order valence-electron chi connectivity index (χ1n) is 9.43. The minimum Gasteiger partial charge on any atom is -0.492 e. The van der Waals surface area contributed by atoms with Gasteiger partial charge in [0.15, 0.2) is 5.82 Å². The monoisotopic (exact) mass is 352 g/mol. The van der Waals surface area contributed by atoms with Crippen molar-refractivity contribution in [3.8, 4) is 5.75 Å². The number of rotatable bonds is 9. The van der Waals surface area contributed by atoms with Crippen molar-refractivity contribution in [2.75, 3.05) is 31.6 Å². The lowest BCUT2D eigenvalue weighted by Gasteiger charge is -2.18. The number of ether oxygens (including phenoxy) is 1. The van der Waals surface area contributed by atoms with Gasteiger partial charge < -0.3 is 15.0 Å². The Labute approximate surface area is 156 Å². The molecule has 2 aromatic rings. The fraction of sp³-hybridized carbons (Fsp3) is 0.381. The zero-order chi connectivity index (χ0) is 18.2. The highest BCUT2D eigenvalue weighted by Crippen LogP contribution is 2.21. The quantitative estimate of drug-likeness (QED) is 0.719. The summed E-state index contributed by atoms with van der Waals surface area (Å²) >= 11 is 0. The van der Waals surface area contributed by atoms with Crippen LogP contribution < -0.4 is 10.1 Å². The van der Waals surface area contributed by atoms with Gasteiger partial charge in [-0.2, -0.15) is 5.10 Å². The van der Waals surface area contributed by atoms with E-state index in [-0.39, 0.29) is 0 Å². The first kappa shape index (κ1) is 18.3. The molecule has 0 fully saturated rings. The first-order chi connectivity index (χ1) is 12.8. The lowest BCUT2D eigenvalue weighted by atomic mass is 10.1. The molecule has 138 valence electrons. The van der Waals surface area contributed by atoms with Crippen LogP contribution in [0.3, 0.4) is 0 Å². The number of allylic oxidation sites excluding steroid dienone is 4. The third-order valence-electron chi connectivity index (χ3n) is 4.53. The number of anilines is 2. The molecule has 5 nitrogen and oxygen atoms in total. The maximum absolute atomic E-state index is 5.82. The van der Waals surface area contributed by atoms with Crippen molar-refractivity contribution < 1.29 is 4.74 Å². The Bertz CT molecular complexity index is 742. The Morgan fingerprint density at radius 1 is 1.12 bits per heavy atom. The molecule has 0 atom stereocenters.